The van der Waals surface area contributed by atoms with Crippen LogP contribution in [0.4, 0.5) is 0 Å². The van der Waals surface area contributed by atoms with Crippen LogP contribution >= 0.6 is 0 Å². The number of fused-ring (bicyclic) bond motifs is 7. The highest BCUT2D eigenvalue weighted by Crippen LogP contribution is 2.77. The molecular formula is C30H50O. The van der Waals surface area contributed by atoms with Crippen molar-refractivity contribution in [1.82, 2.24) is 0 Å². The molecule has 0 radical (unpaired) electrons. The van der Waals surface area contributed by atoms with Crippen LogP contribution in [0.5, 0.6) is 0 Å². The van der Waals surface area contributed by atoms with Gasteiger partial charge in [-0.15, -0.1) is 0 Å². The third-order valence-electron chi connectivity index (χ3n) is 13.2. The van der Waals surface area contributed by atoms with Crippen LogP contribution in [0.15, 0.2) is 11.1 Å². The molecule has 4 fully saturated rings. The molecule has 4 saturated carbocycles. The highest BCUT2D eigenvalue weighted by Gasteiger charge is 2.69. The van der Waals surface area contributed by atoms with Crippen molar-refractivity contribution in [1.29, 1.82) is 0 Å². The molecule has 0 saturated heterocycles. The molecule has 0 aliphatic heterocycles. The number of aliphatic hydroxyl groups is 1. The Hall–Kier alpha value is -0.300. The second kappa shape index (κ2) is 6.64. The van der Waals surface area contributed by atoms with Crippen LogP contribution in [-0.4, -0.2) is 11.2 Å². The Morgan fingerprint density at radius 1 is 0.710 bits per heavy atom. The molecule has 5 aliphatic rings. The van der Waals surface area contributed by atoms with Crippen molar-refractivity contribution in [2.75, 3.05) is 0 Å². The van der Waals surface area contributed by atoms with Crippen LogP contribution in [0.3, 0.4) is 0 Å². The lowest BCUT2D eigenvalue weighted by atomic mass is 9.32. The molecule has 0 amide bonds. The van der Waals surface area contributed by atoms with Crippen LogP contribution in [0.2, 0.25) is 0 Å². The van der Waals surface area contributed by atoms with Gasteiger partial charge in [-0.3, -0.25) is 0 Å². The lowest BCUT2D eigenvalue weighted by Gasteiger charge is -2.73. The maximum Gasteiger partial charge on any atom is 0.0594 e. The van der Waals surface area contributed by atoms with Crippen LogP contribution in [-0.2, 0) is 0 Å². The highest BCUT2D eigenvalue weighted by molar-refractivity contribution is 5.35. The van der Waals surface area contributed by atoms with E-state index in [4.69, 9.17) is 0 Å². The minimum Gasteiger partial charge on any atom is -0.393 e. The maximum atomic E-state index is 10.9. The summed E-state index contributed by atoms with van der Waals surface area (Å²) in [5.41, 5.74) is 5.57. The molecule has 0 aromatic rings. The van der Waals surface area contributed by atoms with Gasteiger partial charge in [-0.2, -0.15) is 0 Å². The second-order valence-electron chi connectivity index (χ2n) is 14.6. The standard InChI is InChI=1S/C30H50O/c1-19(2)20-11-15-27(5)21(20)12-17-29(7)23(27)9-10-24-28(6)16-14-25(31)26(3,4)22(28)13-18-30(24,29)8/h19,22-25,31H,9-18H2,1-8H3. The Balaban J connectivity index is 1.55. The number of aliphatic hydroxyl groups excluding tert-OH is 1. The molecule has 8 atom stereocenters. The summed E-state index contributed by atoms with van der Waals surface area (Å²) in [5.74, 6) is 3.10. The van der Waals surface area contributed by atoms with Gasteiger partial charge in [0.05, 0.1) is 6.10 Å². The first kappa shape index (κ1) is 22.5. The Labute approximate surface area is 192 Å². The van der Waals surface area contributed by atoms with Crippen molar-refractivity contribution in [3.05, 3.63) is 11.1 Å². The summed E-state index contributed by atoms with van der Waals surface area (Å²) in [5, 5.41) is 10.9. The zero-order valence-corrected chi connectivity index (χ0v) is 21.9. The largest absolute Gasteiger partial charge is 0.393 e. The van der Waals surface area contributed by atoms with Gasteiger partial charge in [-0.25, -0.2) is 0 Å². The van der Waals surface area contributed by atoms with Gasteiger partial charge < -0.3 is 5.11 Å². The predicted octanol–water partition coefficient (Wildman–Crippen LogP) is 8.17. The monoisotopic (exact) mass is 426 g/mol. The number of hydrogen-bond donors (Lipinski definition) is 1. The van der Waals surface area contributed by atoms with Crippen molar-refractivity contribution in [2.45, 2.75) is 126 Å². The predicted molar refractivity (Wildman–Crippen MR) is 131 cm³/mol. The quantitative estimate of drug-likeness (QED) is 0.419. The van der Waals surface area contributed by atoms with Crippen molar-refractivity contribution < 1.29 is 5.11 Å². The van der Waals surface area contributed by atoms with E-state index in [0.717, 1.165) is 24.2 Å². The normalized spacial score (nSPS) is 53.6. The molecule has 8 unspecified atom stereocenters. The van der Waals surface area contributed by atoms with Crippen LogP contribution in [0.25, 0.3) is 0 Å². The molecular weight excluding hydrogens is 376 g/mol. The Morgan fingerprint density at radius 3 is 2.03 bits per heavy atom. The van der Waals surface area contributed by atoms with Gasteiger partial charge in [0.15, 0.2) is 0 Å². The Kier molecular flexibility index (Phi) is 4.82. The Bertz CT molecular complexity index is 790. The fourth-order valence-corrected chi connectivity index (χ4v) is 11.3. The molecule has 0 aromatic heterocycles. The third-order valence-corrected chi connectivity index (χ3v) is 13.2. The molecule has 1 heteroatoms. The van der Waals surface area contributed by atoms with E-state index in [1.807, 2.05) is 11.1 Å². The van der Waals surface area contributed by atoms with Crippen molar-refractivity contribution in [2.24, 2.45) is 50.7 Å². The summed E-state index contributed by atoms with van der Waals surface area (Å²) < 4.78 is 0. The van der Waals surface area contributed by atoms with E-state index < -0.39 is 0 Å². The zero-order valence-electron chi connectivity index (χ0n) is 21.9. The fourth-order valence-electron chi connectivity index (χ4n) is 11.3. The first-order valence-electron chi connectivity index (χ1n) is 13.7. The second-order valence-corrected chi connectivity index (χ2v) is 14.6. The highest BCUT2D eigenvalue weighted by atomic mass is 16.3. The van der Waals surface area contributed by atoms with Gasteiger partial charge in [-0.05, 0) is 115 Å². The topological polar surface area (TPSA) is 20.2 Å². The van der Waals surface area contributed by atoms with Crippen molar-refractivity contribution >= 4 is 0 Å². The summed E-state index contributed by atoms with van der Waals surface area (Å²) in [6.45, 7) is 20.4. The summed E-state index contributed by atoms with van der Waals surface area (Å²) >= 11 is 0. The lowest BCUT2D eigenvalue weighted by Crippen LogP contribution is -2.66. The summed E-state index contributed by atoms with van der Waals surface area (Å²) in [7, 11) is 0. The maximum absolute atomic E-state index is 10.9. The van der Waals surface area contributed by atoms with E-state index in [-0.39, 0.29) is 11.5 Å². The van der Waals surface area contributed by atoms with Crippen LogP contribution in [0.1, 0.15) is 120 Å². The zero-order chi connectivity index (χ0) is 22.6. The smallest absolute Gasteiger partial charge is 0.0594 e. The molecule has 0 spiro atoms. The molecule has 1 nitrogen and oxygen atoms in total. The fraction of sp³-hybridized carbons (Fsp3) is 0.933. The summed E-state index contributed by atoms with van der Waals surface area (Å²) in [6, 6.07) is 0. The molecule has 5 aliphatic carbocycles. The van der Waals surface area contributed by atoms with E-state index in [9.17, 15) is 5.11 Å². The summed E-state index contributed by atoms with van der Waals surface area (Å²) in [6.07, 6.45) is 13.3. The molecule has 1 N–H and O–H groups in total. The first-order valence-corrected chi connectivity index (χ1v) is 13.7. The molecule has 31 heavy (non-hydrogen) atoms. The molecule has 176 valence electrons. The third kappa shape index (κ3) is 2.60. The minimum atomic E-state index is -0.115. The lowest BCUT2D eigenvalue weighted by molar-refractivity contribution is -0.239. The average molecular weight is 427 g/mol. The summed E-state index contributed by atoms with van der Waals surface area (Å²) in [4.78, 5) is 0. The van der Waals surface area contributed by atoms with Crippen LogP contribution in [0, 0.1) is 50.7 Å². The number of hydrogen-bond acceptors (Lipinski definition) is 1. The van der Waals surface area contributed by atoms with Crippen molar-refractivity contribution in [3.63, 3.8) is 0 Å². The van der Waals surface area contributed by atoms with E-state index in [1.54, 1.807) is 0 Å². The average Bonchev–Trinajstić information content (AvgIpc) is 3.03. The number of allylic oxidation sites excluding steroid dienone is 2. The molecule has 0 heterocycles. The van der Waals surface area contributed by atoms with E-state index in [2.05, 4.69) is 55.4 Å². The van der Waals surface area contributed by atoms with E-state index >= 15 is 0 Å². The van der Waals surface area contributed by atoms with Crippen molar-refractivity contribution in [3.8, 4) is 0 Å². The SMILES string of the molecule is CC(C)C1=C2CCC3(C)C(CCC4C5(C)CCC(O)C(C)(C)C5CCC43C)C2(C)CC1. The van der Waals surface area contributed by atoms with E-state index in [1.165, 1.54) is 57.8 Å². The molecule has 0 aromatic carbocycles. The first-order chi connectivity index (χ1) is 14.3. The number of rotatable bonds is 1. The van der Waals surface area contributed by atoms with Crippen LogP contribution < -0.4 is 0 Å². The molecule has 0 bridgehead atoms. The molecule has 5 rings (SSSR count). The van der Waals surface area contributed by atoms with Gasteiger partial charge in [0.2, 0.25) is 0 Å². The van der Waals surface area contributed by atoms with Gasteiger partial charge in [0.25, 0.3) is 0 Å². The van der Waals surface area contributed by atoms with Gasteiger partial charge in [0.1, 0.15) is 0 Å². The van der Waals surface area contributed by atoms with E-state index in [0.29, 0.717) is 27.6 Å². The van der Waals surface area contributed by atoms with Gasteiger partial charge in [-0.1, -0.05) is 66.5 Å². The van der Waals surface area contributed by atoms with Gasteiger partial charge in [0, 0.05) is 0 Å². The van der Waals surface area contributed by atoms with Gasteiger partial charge >= 0.3 is 0 Å². The Morgan fingerprint density at radius 2 is 1.35 bits per heavy atom. The minimum absolute atomic E-state index is 0.0676.